The number of anilines is 1. The Balaban J connectivity index is 1.58. The number of nitrogens with zero attached hydrogens (tertiary/aromatic N) is 3. The Labute approximate surface area is 146 Å². The van der Waals surface area contributed by atoms with Crippen LogP contribution in [0.15, 0.2) is 47.0 Å². The van der Waals surface area contributed by atoms with E-state index >= 15 is 0 Å². The van der Waals surface area contributed by atoms with E-state index in [9.17, 15) is 18.0 Å². The van der Waals surface area contributed by atoms with E-state index in [1.807, 2.05) is 0 Å². The summed E-state index contributed by atoms with van der Waals surface area (Å²) in [7, 11) is 0. The molecular formula is C18H12F3N3O2. The van der Waals surface area contributed by atoms with Gasteiger partial charge in [0.25, 0.3) is 5.89 Å². The van der Waals surface area contributed by atoms with E-state index in [1.165, 1.54) is 23.1 Å². The fraction of sp³-hybridized carbons (Fsp3) is 0.167. The Morgan fingerprint density at radius 1 is 1.04 bits per heavy atom. The highest BCUT2D eigenvalue weighted by Gasteiger charge is 2.35. The summed E-state index contributed by atoms with van der Waals surface area (Å²) in [4.78, 5) is 17.8. The second kappa shape index (κ2) is 6.29. The van der Waals surface area contributed by atoms with E-state index in [0.717, 1.165) is 18.2 Å². The number of aromatic nitrogens is 2. The van der Waals surface area contributed by atoms with Crippen molar-refractivity contribution in [2.24, 2.45) is 0 Å². The molecule has 5 nitrogen and oxygen atoms in total. The Kier molecular flexibility index (Phi) is 3.95. The molecule has 26 heavy (non-hydrogen) atoms. The molecular weight excluding hydrogens is 347 g/mol. The third-order valence-electron chi connectivity index (χ3n) is 4.16. The second-order valence-corrected chi connectivity index (χ2v) is 6.00. The lowest BCUT2D eigenvalue weighted by atomic mass is 10.1. The van der Waals surface area contributed by atoms with Gasteiger partial charge < -0.3 is 9.42 Å². The van der Waals surface area contributed by atoms with E-state index in [4.69, 9.17) is 4.52 Å². The average Bonchev–Trinajstić information content (AvgIpc) is 3.20. The van der Waals surface area contributed by atoms with Gasteiger partial charge in [0.15, 0.2) is 5.82 Å². The maximum Gasteiger partial charge on any atom is 0.258 e. The minimum absolute atomic E-state index is 0.0836. The molecule has 1 aromatic heterocycles. The predicted molar refractivity (Wildman–Crippen MR) is 85.8 cm³/mol. The lowest BCUT2D eigenvalue weighted by Gasteiger charge is -2.16. The topological polar surface area (TPSA) is 59.2 Å². The fourth-order valence-corrected chi connectivity index (χ4v) is 2.96. The monoisotopic (exact) mass is 359 g/mol. The van der Waals surface area contributed by atoms with Crippen molar-refractivity contribution >= 4 is 11.6 Å². The first-order valence-corrected chi connectivity index (χ1v) is 7.85. The minimum Gasteiger partial charge on any atom is -0.334 e. The van der Waals surface area contributed by atoms with Crippen molar-refractivity contribution in [3.8, 4) is 11.5 Å². The quantitative estimate of drug-likeness (QED) is 0.716. The molecule has 1 aliphatic heterocycles. The molecule has 132 valence electrons. The Morgan fingerprint density at radius 3 is 2.54 bits per heavy atom. The average molecular weight is 359 g/mol. The zero-order chi connectivity index (χ0) is 18.3. The molecule has 0 bridgehead atoms. The van der Waals surface area contributed by atoms with Crippen molar-refractivity contribution in [3.63, 3.8) is 0 Å². The number of benzene rings is 2. The SMILES string of the molecule is O=C1CC(c2noc(-c3cccc(F)c3)n2)CN1c1cc(F)cc(F)c1. The van der Waals surface area contributed by atoms with Crippen LogP contribution in [0.3, 0.4) is 0 Å². The van der Waals surface area contributed by atoms with Crippen molar-refractivity contribution in [2.45, 2.75) is 12.3 Å². The van der Waals surface area contributed by atoms with Crippen LogP contribution in [0.5, 0.6) is 0 Å². The Hall–Kier alpha value is -3.16. The molecule has 1 atom stereocenters. The van der Waals surface area contributed by atoms with Gasteiger partial charge in [-0.3, -0.25) is 4.79 Å². The Morgan fingerprint density at radius 2 is 1.81 bits per heavy atom. The summed E-state index contributed by atoms with van der Waals surface area (Å²) in [5.74, 6) is -2.21. The van der Waals surface area contributed by atoms with Gasteiger partial charge in [0.2, 0.25) is 5.91 Å². The molecule has 1 saturated heterocycles. The summed E-state index contributed by atoms with van der Waals surface area (Å²) in [5.41, 5.74) is 0.570. The standard InChI is InChI=1S/C18H12F3N3O2/c19-12-3-1-2-10(4-12)18-22-17(23-26-18)11-5-16(25)24(9-11)15-7-13(20)6-14(21)8-15/h1-4,6-8,11H,5,9H2. The molecule has 3 aromatic rings. The molecule has 2 heterocycles. The van der Waals surface area contributed by atoms with E-state index in [1.54, 1.807) is 6.07 Å². The summed E-state index contributed by atoms with van der Waals surface area (Å²) in [6.07, 6.45) is 0.0836. The van der Waals surface area contributed by atoms with Crippen LogP contribution in [0.1, 0.15) is 18.2 Å². The second-order valence-electron chi connectivity index (χ2n) is 6.00. The van der Waals surface area contributed by atoms with Crippen LogP contribution in [0.4, 0.5) is 18.9 Å². The molecule has 4 rings (SSSR count). The number of halogens is 3. The van der Waals surface area contributed by atoms with E-state index in [0.29, 0.717) is 5.56 Å². The summed E-state index contributed by atoms with van der Waals surface area (Å²) >= 11 is 0. The van der Waals surface area contributed by atoms with Crippen molar-refractivity contribution in [2.75, 3.05) is 11.4 Å². The number of amides is 1. The highest BCUT2D eigenvalue weighted by Crippen LogP contribution is 2.32. The summed E-state index contributed by atoms with van der Waals surface area (Å²) in [5, 5.41) is 3.87. The first kappa shape index (κ1) is 16.3. The van der Waals surface area contributed by atoms with Crippen molar-refractivity contribution in [1.82, 2.24) is 10.1 Å². The summed E-state index contributed by atoms with van der Waals surface area (Å²) < 4.78 is 45.3. The number of hydrogen-bond acceptors (Lipinski definition) is 4. The van der Waals surface area contributed by atoms with E-state index < -0.39 is 17.5 Å². The van der Waals surface area contributed by atoms with Gasteiger partial charge in [0.1, 0.15) is 17.5 Å². The van der Waals surface area contributed by atoms with Crippen LogP contribution in [0, 0.1) is 17.5 Å². The van der Waals surface area contributed by atoms with Gasteiger partial charge in [-0.1, -0.05) is 11.2 Å². The fourth-order valence-electron chi connectivity index (χ4n) is 2.96. The van der Waals surface area contributed by atoms with Crippen LogP contribution < -0.4 is 4.90 Å². The number of hydrogen-bond donors (Lipinski definition) is 0. The number of carbonyl (C=O) groups excluding carboxylic acids is 1. The zero-order valence-electron chi connectivity index (χ0n) is 13.3. The van der Waals surface area contributed by atoms with Crippen molar-refractivity contribution < 1.29 is 22.5 Å². The van der Waals surface area contributed by atoms with Gasteiger partial charge in [-0.05, 0) is 30.3 Å². The van der Waals surface area contributed by atoms with Crippen LogP contribution in [0.2, 0.25) is 0 Å². The number of rotatable bonds is 3. The van der Waals surface area contributed by atoms with Gasteiger partial charge >= 0.3 is 0 Å². The molecule has 0 spiro atoms. The Bertz CT molecular complexity index is 969. The van der Waals surface area contributed by atoms with Crippen LogP contribution in [-0.4, -0.2) is 22.6 Å². The van der Waals surface area contributed by atoms with E-state index in [-0.39, 0.29) is 42.2 Å². The maximum atomic E-state index is 13.4. The molecule has 8 heteroatoms. The third-order valence-corrected chi connectivity index (χ3v) is 4.16. The van der Waals surface area contributed by atoms with Crippen LogP contribution in [-0.2, 0) is 4.79 Å². The minimum atomic E-state index is -0.760. The molecule has 0 aliphatic carbocycles. The van der Waals surface area contributed by atoms with Gasteiger partial charge in [-0.25, -0.2) is 13.2 Å². The lowest BCUT2D eigenvalue weighted by Crippen LogP contribution is -2.24. The first-order valence-electron chi connectivity index (χ1n) is 7.85. The first-order chi connectivity index (χ1) is 12.5. The van der Waals surface area contributed by atoms with Crippen molar-refractivity contribution in [1.29, 1.82) is 0 Å². The maximum absolute atomic E-state index is 13.4. The molecule has 0 radical (unpaired) electrons. The van der Waals surface area contributed by atoms with Crippen molar-refractivity contribution in [3.05, 3.63) is 65.7 Å². The van der Waals surface area contributed by atoms with Gasteiger partial charge in [-0.2, -0.15) is 4.98 Å². The molecule has 1 aliphatic rings. The summed E-state index contributed by atoms with van der Waals surface area (Å²) in [6, 6.07) is 8.64. The molecule has 0 N–H and O–H groups in total. The molecule has 1 amide bonds. The third kappa shape index (κ3) is 3.05. The normalized spacial score (nSPS) is 17.1. The smallest absolute Gasteiger partial charge is 0.258 e. The van der Waals surface area contributed by atoms with Gasteiger partial charge in [0.05, 0.1) is 0 Å². The highest BCUT2D eigenvalue weighted by atomic mass is 19.1. The molecule has 1 unspecified atom stereocenters. The zero-order valence-corrected chi connectivity index (χ0v) is 13.3. The molecule has 0 saturated carbocycles. The molecule has 2 aromatic carbocycles. The molecule has 1 fully saturated rings. The summed E-state index contributed by atoms with van der Waals surface area (Å²) in [6.45, 7) is 0.170. The van der Waals surface area contributed by atoms with Crippen LogP contribution >= 0.6 is 0 Å². The van der Waals surface area contributed by atoms with E-state index in [2.05, 4.69) is 10.1 Å². The van der Waals surface area contributed by atoms with Gasteiger partial charge in [0, 0.05) is 36.2 Å². The lowest BCUT2D eigenvalue weighted by molar-refractivity contribution is -0.117. The largest absolute Gasteiger partial charge is 0.334 e. The highest BCUT2D eigenvalue weighted by molar-refractivity contribution is 5.96. The van der Waals surface area contributed by atoms with Gasteiger partial charge in [-0.15, -0.1) is 0 Å². The predicted octanol–water partition coefficient (Wildman–Crippen LogP) is 3.67. The van der Waals surface area contributed by atoms with Crippen LogP contribution in [0.25, 0.3) is 11.5 Å². The number of carbonyl (C=O) groups is 1.